The summed E-state index contributed by atoms with van der Waals surface area (Å²) in [5.74, 6) is 0. The Bertz CT molecular complexity index is 3620. The largest absolute Gasteiger partial charge is 0.456 e. The molecule has 0 saturated carbocycles. The number of rotatable bonds is 6. The molecule has 2 aliphatic rings. The van der Waals surface area contributed by atoms with Gasteiger partial charge >= 0.3 is 0 Å². The first-order valence-corrected chi connectivity index (χ1v) is 22.0. The van der Waals surface area contributed by atoms with E-state index in [1.807, 2.05) is 6.08 Å². The van der Waals surface area contributed by atoms with Crippen LogP contribution in [-0.2, 0) is 10.8 Å². The topological polar surface area (TPSA) is 26.3 Å². The van der Waals surface area contributed by atoms with Crippen LogP contribution in [0, 0.1) is 0 Å². The van der Waals surface area contributed by atoms with Crippen LogP contribution in [0.2, 0.25) is 0 Å². The monoisotopic (exact) mass is 810 g/mol. The maximum Gasteiger partial charge on any atom is 0.135 e. The minimum atomic E-state index is -0.213. The lowest BCUT2D eigenvalue weighted by atomic mass is 9.77. The molecule has 0 bridgehead atoms. The van der Waals surface area contributed by atoms with Gasteiger partial charge in [-0.15, -0.1) is 0 Å². The molecule has 0 amide bonds. The Balaban J connectivity index is 0.942. The Kier molecular flexibility index (Phi) is 8.03. The average Bonchev–Trinajstić information content (AvgIpc) is 3.99. The molecule has 8 aromatic carbocycles. The van der Waals surface area contributed by atoms with Crippen LogP contribution in [0.5, 0.6) is 0 Å². The Morgan fingerprint density at radius 1 is 0.444 bits per heavy atom. The molecule has 0 aliphatic heterocycles. The van der Waals surface area contributed by atoms with E-state index in [9.17, 15) is 0 Å². The summed E-state index contributed by atoms with van der Waals surface area (Å²) in [6, 6.07) is 59.2. The molecular formula is C61H46O2. The molecule has 2 heteroatoms. The summed E-state index contributed by atoms with van der Waals surface area (Å²) in [5.41, 5.74) is 23.5. The van der Waals surface area contributed by atoms with Crippen LogP contribution in [0.3, 0.4) is 0 Å². The highest BCUT2D eigenvalue weighted by atomic mass is 16.3. The van der Waals surface area contributed by atoms with Crippen molar-refractivity contribution in [3.63, 3.8) is 0 Å². The number of hydrogen-bond acceptors (Lipinski definition) is 2. The number of furan rings is 2. The van der Waals surface area contributed by atoms with Gasteiger partial charge in [0.1, 0.15) is 22.3 Å². The average molecular weight is 811 g/mol. The van der Waals surface area contributed by atoms with E-state index >= 15 is 0 Å². The lowest BCUT2D eigenvalue weighted by Gasteiger charge is -2.25. The Morgan fingerprint density at radius 2 is 0.905 bits per heavy atom. The molecule has 12 rings (SSSR count). The van der Waals surface area contributed by atoms with Gasteiger partial charge in [0.05, 0.1) is 0 Å². The van der Waals surface area contributed by atoms with Crippen LogP contribution in [-0.4, -0.2) is 0 Å². The van der Waals surface area contributed by atoms with Gasteiger partial charge in [0.2, 0.25) is 0 Å². The van der Waals surface area contributed by atoms with Crippen LogP contribution in [0.25, 0.3) is 99.5 Å². The van der Waals surface area contributed by atoms with Crippen molar-refractivity contribution in [2.45, 2.75) is 45.4 Å². The van der Waals surface area contributed by atoms with Gasteiger partial charge in [0.25, 0.3) is 0 Å². The van der Waals surface area contributed by atoms with E-state index in [2.05, 4.69) is 211 Å². The van der Waals surface area contributed by atoms with Crippen molar-refractivity contribution in [2.75, 3.05) is 0 Å². The Labute approximate surface area is 368 Å². The van der Waals surface area contributed by atoms with Gasteiger partial charge in [0.15, 0.2) is 0 Å². The van der Waals surface area contributed by atoms with Crippen molar-refractivity contribution in [3.8, 4) is 44.5 Å². The maximum atomic E-state index is 6.35. The second-order valence-electron chi connectivity index (χ2n) is 18.5. The molecule has 63 heavy (non-hydrogen) atoms. The van der Waals surface area contributed by atoms with E-state index in [1.54, 1.807) is 0 Å². The van der Waals surface area contributed by atoms with E-state index in [4.69, 9.17) is 8.83 Å². The lowest BCUT2D eigenvalue weighted by Crippen LogP contribution is -2.18. The van der Waals surface area contributed by atoms with Crippen molar-refractivity contribution in [1.29, 1.82) is 0 Å². The number of benzene rings is 8. The minimum absolute atomic E-state index is 0.175. The lowest BCUT2D eigenvalue weighted by molar-refractivity contribution is 0.646. The Morgan fingerprint density at radius 3 is 1.44 bits per heavy atom. The summed E-state index contributed by atoms with van der Waals surface area (Å²) in [4.78, 5) is 0. The van der Waals surface area contributed by atoms with Crippen LogP contribution in [0.1, 0.15) is 62.4 Å². The number of allylic oxidation sites excluding steroid dienone is 5. The van der Waals surface area contributed by atoms with E-state index in [-0.39, 0.29) is 10.8 Å². The molecule has 0 atom stereocenters. The van der Waals surface area contributed by atoms with Gasteiger partial charge in [-0.05, 0) is 151 Å². The fourth-order valence-corrected chi connectivity index (χ4v) is 10.9. The van der Waals surface area contributed by atoms with Gasteiger partial charge in [-0.3, -0.25) is 0 Å². The molecule has 2 aromatic heterocycles. The summed E-state index contributed by atoms with van der Waals surface area (Å²) in [6.07, 6.45) is 4.39. The molecule has 2 heterocycles. The predicted molar refractivity (Wildman–Crippen MR) is 265 cm³/mol. The minimum Gasteiger partial charge on any atom is -0.456 e. The van der Waals surface area contributed by atoms with Gasteiger partial charge < -0.3 is 8.83 Å². The quantitative estimate of drug-likeness (QED) is 0.156. The first kappa shape index (κ1) is 37.4. The molecule has 2 nitrogen and oxygen atoms in total. The first-order chi connectivity index (χ1) is 30.6. The van der Waals surface area contributed by atoms with E-state index in [0.29, 0.717) is 0 Å². The highest BCUT2D eigenvalue weighted by molar-refractivity contribution is 6.09. The van der Waals surface area contributed by atoms with Crippen LogP contribution in [0.15, 0.2) is 197 Å². The third-order valence-electron chi connectivity index (χ3n) is 14.3. The summed E-state index contributed by atoms with van der Waals surface area (Å²) in [5, 5.41) is 4.51. The van der Waals surface area contributed by atoms with Gasteiger partial charge in [-0.1, -0.05) is 156 Å². The fourth-order valence-electron chi connectivity index (χ4n) is 10.9. The number of fused-ring (bicyclic) bond motifs is 11. The molecule has 2 aliphatic carbocycles. The molecular weight excluding hydrogens is 765 g/mol. The fraction of sp³-hybridized carbons (Fsp3) is 0.115. The van der Waals surface area contributed by atoms with E-state index < -0.39 is 0 Å². The van der Waals surface area contributed by atoms with E-state index in [0.717, 1.165) is 55.0 Å². The third-order valence-corrected chi connectivity index (χ3v) is 14.3. The van der Waals surface area contributed by atoms with Gasteiger partial charge in [0, 0.05) is 32.4 Å². The zero-order valence-electron chi connectivity index (χ0n) is 36.3. The molecule has 0 unspecified atom stereocenters. The second kappa shape index (κ2) is 13.5. The molecule has 0 radical (unpaired) electrons. The van der Waals surface area contributed by atoms with Crippen molar-refractivity contribution in [3.05, 3.63) is 216 Å². The van der Waals surface area contributed by atoms with Crippen molar-refractivity contribution < 1.29 is 8.83 Å². The summed E-state index contributed by atoms with van der Waals surface area (Å²) in [7, 11) is 0. The van der Waals surface area contributed by atoms with Crippen LogP contribution in [0.4, 0.5) is 0 Å². The zero-order valence-corrected chi connectivity index (χ0v) is 36.3. The number of hydrogen-bond donors (Lipinski definition) is 0. The molecule has 10 aromatic rings. The van der Waals surface area contributed by atoms with Gasteiger partial charge in [-0.2, -0.15) is 0 Å². The summed E-state index contributed by atoms with van der Waals surface area (Å²) >= 11 is 0. The van der Waals surface area contributed by atoms with Crippen LogP contribution >= 0.6 is 0 Å². The SMILES string of the molecule is C=C/C(=C\C1=C(C)c2c(ccc3c2-c2ccc(-c4ccc5oc6ccc(-c7ccccc7)cc6c5c4)cc2C3(C)C)C1(C)C)c1ccc2oc3ccc(-c4ccccc4)cc3c2c1. The highest BCUT2D eigenvalue weighted by Crippen LogP contribution is 2.58. The summed E-state index contributed by atoms with van der Waals surface area (Å²) < 4.78 is 12.7. The predicted octanol–water partition coefficient (Wildman–Crippen LogP) is 17.1. The molecule has 0 spiro atoms. The zero-order chi connectivity index (χ0) is 42.8. The molecule has 302 valence electrons. The smallest absolute Gasteiger partial charge is 0.135 e. The van der Waals surface area contributed by atoms with Crippen molar-refractivity contribution >= 4 is 55.0 Å². The molecule has 0 saturated heterocycles. The maximum absolute atomic E-state index is 6.35. The second-order valence-corrected chi connectivity index (χ2v) is 18.5. The van der Waals surface area contributed by atoms with E-state index in [1.165, 1.54) is 77.9 Å². The standard InChI is InChI=1S/C61H46O2/c1-7-37(40-19-26-54-46(30-40)47-31-41(20-27-55(47)62-54)38-14-10-8-11-15-38)34-52-36(2)58-50(60(52,3)4)24-25-51-59(58)45-23-18-44(35-53(45)61(51,5)6)43-22-29-57-49(33-43)48-32-42(21-28-56(48)63-57)39-16-12-9-13-17-39/h7-35H,1H2,2-6H3/b37-34+. The normalized spacial score (nSPS) is 15.1. The third kappa shape index (κ3) is 5.57. The van der Waals surface area contributed by atoms with Crippen LogP contribution < -0.4 is 0 Å². The van der Waals surface area contributed by atoms with Crippen molar-refractivity contribution in [1.82, 2.24) is 0 Å². The molecule has 0 N–H and O–H groups in total. The Hall–Kier alpha value is -7.42. The summed E-state index contributed by atoms with van der Waals surface area (Å²) in [6.45, 7) is 16.2. The first-order valence-electron chi connectivity index (χ1n) is 22.0. The highest BCUT2D eigenvalue weighted by Gasteiger charge is 2.43. The van der Waals surface area contributed by atoms with Crippen molar-refractivity contribution in [2.24, 2.45) is 0 Å². The molecule has 0 fully saturated rings. The van der Waals surface area contributed by atoms with Gasteiger partial charge in [-0.25, -0.2) is 0 Å².